The second-order valence-corrected chi connectivity index (χ2v) is 6.76. The van der Waals surface area contributed by atoms with Gasteiger partial charge in [0, 0.05) is 6.54 Å². The standard InChI is InChI=1S/C24H27NO2/c1-19(2)21-14-12-20(13-15-21)18-25-23-10-6-7-11-24(23)27-17-16-26-22-8-4-3-5-9-22/h3-15,19,25H,16-18H2,1-2H3. The van der Waals surface area contributed by atoms with Gasteiger partial charge in [-0.25, -0.2) is 0 Å². The Balaban J connectivity index is 1.51. The average molecular weight is 361 g/mol. The van der Waals surface area contributed by atoms with Crippen LogP contribution in [0.5, 0.6) is 11.5 Å². The lowest BCUT2D eigenvalue weighted by atomic mass is 10.0. The van der Waals surface area contributed by atoms with E-state index in [1.165, 1.54) is 11.1 Å². The van der Waals surface area contributed by atoms with Gasteiger partial charge in [0.1, 0.15) is 24.7 Å². The third-order valence-corrected chi connectivity index (χ3v) is 4.37. The molecule has 0 spiro atoms. The van der Waals surface area contributed by atoms with Crippen LogP contribution in [0.25, 0.3) is 0 Å². The van der Waals surface area contributed by atoms with Gasteiger partial charge in [0.2, 0.25) is 0 Å². The van der Waals surface area contributed by atoms with Gasteiger partial charge in [-0.3, -0.25) is 0 Å². The summed E-state index contributed by atoms with van der Waals surface area (Å²) >= 11 is 0. The summed E-state index contributed by atoms with van der Waals surface area (Å²) in [5.41, 5.74) is 3.60. The summed E-state index contributed by atoms with van der Waals surface area (Å²) in [5.74, 6) is 2.25. The lowest BCUT2D eigenvalue weighted by Crippen LogP contribution is -2.10. The average Bonchev–Trinajstić information content (AvgIpc) is 2.71. The molecule has 0 aliphatic rings. The molecule has 0 bridgehead atoms. The van der Waals surface area contributed by atoms with E-state index >= 15 is 0 Å². The maximum atomic E-state index is 5.91. The van der Waals surface area contributed by atoms with Crippen LogP contribution in [0.3, 0.4) is 0 Å². The molecule has 140 valence electrons. The Bertz CT molecular complexity index is 813. The molecule has 3 nitrogen and oxygen atoms in total. The van der Waals surface area contributed by atoms with Crippen LogP contribution in [0.1, 0.15) is 30.9 Å². The summed E-state index contributed by atoms with van der Waals surface area (Å²) in [5, 5.41) is 3.47. The number of rotatable bonds is 9. The van der Waals surface area contributed by atoms with E-state index in [9.17, 15) is 0 Å². The van der Waals surface area contributed by atoms with Crippen molar-refractivity contribution in [3.8, 4) is 11.5 Å². The van der Waals surface area contributed by atoms with Crippen molar-refractivity contribution < 1.29 is 9.47 Å². The molecule has 3 rings (SSSR count). The minimum atomic E-state index is 0.497. The predicted octanol–water partition coefficient (Wildman–Crippen LogP) is 5.88. The second-order valence-electron chi connectivity index (χ2n) is 6.76. The Labute approximate surface area is 162 Å². The molecule has 0 atom stereocenters. The molecule has 3 heteroatoms. The van der Waals surface area contributed by atoms with Gasteiger partial charge in [-0.2, -0.15) is 0 Å². The van der Waals surface area contributed by atoms with Gasteiger partial charge in [0.15, 0.2) is 0 Å². The normalized spacial score (nSPS) is 10.6. The van der Waals surface area contributed by atoms with Crippen molar-refractivity contribution in [1.82, 2.24) is 0 Å². The zero-order valence-electron chi connectivity index (χ0n) is 16.0. The lowest BCUT2D eigenvalue weighted by Gasteiger charge is -2.14. The fourth-order valence-corrected chi connectivity index (χ4v) is 2.78. The summed E-state index contributed by atoms with van der Waals surface area (Å²) in [7, 11) is 0. The summed E-state index contributed by atoms with van der Waals surface area (Å²) in [4.78, 5) is 0. The molecule has 0 saturated carbocycles. The van der Waals surface area contributed by atoms with E-state index in [0.29, 0.717) is 19.1 Å². The Morgan fingerprint density at radius 1 is 0.741 bits per heavy atom. The van der Waals surface area contributed by atoms with E-state index in [0.717, 1.165) is 23.7 Å². The SMILES string of the molecule is CC(C)c1ccc(CNc2ccccc2OCCOc2ccccc2)cc1. The van der Waals surface area contributed by atoms with Crippen molar-refractivity contribution >= 4 is 5.69 Å². The number of ether oxygens (including phenoxy) is 2. The first-order valence-corrected chi connectivity index (χ1v) is 9.45. The number of para-hydroxylation sites is 3. The zero-order chi connectivity index (χ0) is 18.9. The Hall–Kier alpha value is -2.94. The van der Waals surface area contributed by atoms with Crippen LogP contribution in [-0.2, 0) is 6.54 Å². The fourth-order valence-electron chi connectivity index (χ4n) is 2.78. The quantitative estimate of drug-likeness (QED) is 0.483. The first-order valence-electron chi connectivity index (χ1n) is 9.45. The number of anilines is 1. The molecule has 0 aliphatic carbocycles. The van der Waals surface area contributed by atoms with E-state index in [2.05, 4.69) is 43.4 Å². The Kier molecular flexibility index (Phi) is 6.75. The molecule has 1 N–H and O–H groups in total. The van der Waals surface area contributed by atoms with E-state index in [-0.39, 0.29) is 0 Å². The maximum Gasteiger partial charge on any atom is 0.142 e. The monoisotopic (exact) mass is 361 g/mol. The van der Waals surface area contributed by atoms with Crippen molar-refractivity contribution in [2.24, 2.45) is 0 Å². The van der Waals surface area contributed by atoms with Crippen molar-refractivity contribution in [1.29, 1.82) is 0 Å². The summed E-state index contributed by atoms with van der Waals surface area (Å²) < 4.78 is 11.6. The first-order chi connectivity index (χ1) is 13.2. The maximum absolute atomic E-state index is 5.91. The molecule has 0 unspecified atom stereocenters. The molecule has 0 aromatic heterocycles. The minimum Gasteiger partial charge on any atom is -0.490 e. The summed E-state index contributed by atoms with van der Waals surface area (Å²) in [6.07, 6.45) is 0. The fraction of sp³-hybridized carbons (Fsp3) is 0.250. The second kappa shape index (κ2) is 9.67. The number of nitrogens with one attached hydrogen (secondary N) is 1. The molecule has 0 radical (unpaired) electrons. The van der Waals surface area contributed by atoms with Crippen LogP contribution in [-0.4, -0.2) is 13.2 Å². The van der Waals surface area contributed by atoms with Crippen molar-refractivity contribution in [3.05, 3.63) is 90.0 Å². The van der Waals surface area contributed by atoms with Gasteiger partial charge >= 0.3 is 0 Å². The van der Waals surface area contributed by atoms with Gasteiger partial charge in [0.25, 0.3) is 0 Å². The van der Waals surface area contributed by atoms with Gasteiger partial charge in [0.05, 0.1) is 5.69 Å². The van der Waals surface area contributed by atoms with Gasteiger partial charge in [-0.05, 0) is 41.3 Å². The molecule has 0 saturated heterocycles. The van der Waals surface area contributed by atoms with Crippen molar-refractivity contribution in [2.75, 3.05) is 18.5 Å². The number of hydrogen-bond donors (Lipinski definition) is 1. The third kappa shape index (κ3) is 5.78. The third-order valence-electron chi connectivity index (χ3n) is 4.37. The molecule has 27 heavy (non-hydrogen) atoms. The molecule has 0 amide bonds. The van der Waals surface area contributed by atoms with Gasteiger partial charge in [-0.15, -0.1) is 0 Å². The van der Waals surface area contributed by atoms with E-state index in [1.54, 1.807) is 0 Å². The van der Waals surface area contributed by atoms with Gasteiger partial charge in [-0.1, -0.05) is 68.4 Å². The van der Waals surface area contributed by atoms with Gasteiger partial charge < -0.3 is 14.8 Å². The van der Waals surface area contributed by atoms with Crippen LogP contribution in [0.15, 0.2) is 78.9 Å². The largest absolute Gasteiger partial charge is 0.490 e. The minimum absolute atomic E-state index is 0.497. The van der Waals surface area contributed by atoms with Crippen LogP contribution >= 0.6 is 0 Å². The molecule has 0 fully saturated rings. The van der Waals surface area contributed by atoms with E-state index in [4.69, 9.17) is 9.47 Å². The van der Waals surface area contributed by atoms with Crippen LogP contribution < -0.4 is 14.8 Å². The van der Waals surface area contributed by atoms with E-state index < -0.39 is 0 Å². The molecule has 0 heterocycles. The molecule has 0 aliphatic heterocycles. The number of benzene rings is 3. The highest BCUT2D eigenvalue weighted by Gasteiger charge is 2.04. The lowest BCUT2D eigenvalue weighted by molar-refractivity contribution is 0.218. The van der Waals surface area contributed by atoms with Crippen LogP contribution in [0, 0.1) is 0 Å². The molecular weight excluding hydrogens is 334 g/mol. The zero-order valence-corrected chi connectivity index (χ0v) is 16.0. The predicted molar refractivity (Wildman–Crippen MR) is 112 cm³/mol. The van der Waals surface area contributed by atoms with Crippen LogP contribution in [0.4, 0.5) is 5.69 Å². The Morgan fingerprint density at radius 2 is 1.41 bits per heavy atom. The highest BCUT2D eigenvalue weighted by molar-refractivity contribution is 5.56. The van der Waals surface area contributed by atoms with Crippen LogP contribution in [0.2, 0.25) is 0 Å². The van der Waals surface area contributed by atoms with E-state index in [1.807, 2.05) is 54.6 Å². The van der Waals surface area contributed by atoms with Crippen molar-refractivity contribution in [2.45, 2.75) is 26.3 Å². The topological polar surface area (TPSA) is 30.5 Å². The Morgan fingerprint density at radius 3 is 2.15 bits per heavy atom. The smallest absolute Gasteiger partial charge is 0.142 e. The van der Waals surface area contributed by atoms with Crippen molar-refractivity contribution in [3.63, 3.8) is 0 Å². The molecular formula is C24H27NO2. The summed E-state index contributed by atoms with van der Waals surface area (Å²) in [6.45, 7) is 6.19. The molecule has 3 aromatic rings. The highest BCUT2D eigenvalue weighted by atomic mass is 16.5. The summed E-state index contributed by atoms with van der Waals surface area (Å²) in [6, 6.07) is 26.6. The first kappa shape index (κ1) is 18.8. The molecule has 3 aromatic carbocycles. The highest BCUT2D eigenvalue weighted by Crippen LogP contribution is 2.24. The number of hydrogen-bond acceptors (Lipinski definition) is 3.